The molecular weight excluding hydrogens is 718 g/mol. The lowest BCUT2D eigenvalue weighted by atomic mass is 9.97. The largest absolute Gasteiger partial charge is 0.452 e. The van der Waals surface area contributed by atoms with E-state index in [4.69, 9.17) is 28.4 Å². The maximum Gasteiger partial charge on any atom is 0.339 e. The topological polar surface area (TPSA) is 89.5 Å². The summed E-state index contributed by atoms with van der Waals surface area (Å²) in [6.07, 6.45) is -5.30. The van der Waals surface area contributed by atoms with E-state index in [1.807, 2.05) is 48.5 Å². The second-order valence-electron chi connectivity index (χ2n) is 8.65. The molecule has 2 aliphatic rings. The van der Waals surface area contributed by atoms with Crippen LogP contribution in [0.4, 0.5) is 0 Å². The number of carbonyl (C=O) groups is 2. The number of halogens is 2. The van der Waals surface area contributed by atoms with Gasteiger partial charge in [-0.3, -0.25) is 0 Å². The number of hydrogen-bond acceptors (Lipinski definition) is 8. The average molecular weight is 742 g/mol. The molecule has 0 unspecified atom stereocenters. The van der Waals surface area contributed by atoms with Crippen molar-refractivity contribution in [2.24, 2.45) is 0 Å². The highest BCUT2D eigenvalue weighted by Crippen LogP contribution is 2.37. The predicted octanol–water partition coefficient (Wildman–Crippen LogP) is 5.13. The summed E-state index contributed by atoms with van der Waals surface area (Å²) in [7, 11) is 1.44. The van der Waals surface area contributed by atoms with Gasteiger partial charge in [-0.2, -0.15) is 0 Å². The van der Waals surface area contributed by atoms with Gasteiger partial charge in [0, 0.05) is 19.8 Å². The van der Waals surface area contributed by atoms with Gasteiger partial charge in [0.05, 0.1) is 17.7 Å². The highest BCUT2D eigenvalue weighted by atomic mass is 127. The van der Waals surface area contributed by atoms with Crippen LogP contribution in [0.2, 0.25) is 0 Å². The first-order chi connectivity index (χ1) is 18.5. The molecule has 0 saturated carbocycles. The van der Waals surface area contributed by atoms with Gasteiger partial charge < -0.3 is 28.4 Å². The summed E-state index contributed by atoms with van der Waals surface area (Å²) >= 11 is 4.15. The fourth-order valence-electron chi connectivity index (χ4n) is 4.40. The van der Waals surface area contributed by atoms with Gasteiger partial charge in [-0.15, -0.1) is 0 Å². The zero-order valence-corrected chi connectivity index (χ0v) is 24.5. The maximum atomic E-state index is 13.4. The molecule has 2 aliphatic heterocycles. The van der Waals surface area contributed by atoms with E-state index in [-0.39, 0.29) is 6.61 Å². The van der Waals surface area contributed by atoms with Gasteiger partial charge in [-0.25, -0.2) is 9.59 Å². The molecule has 5 rings (SSSR count). The molecule has 0 aromatic heterocycles. The van der Waals surface area contributed by atoms with Crippen LogP contribution < -0.4 is 0 Å². The molecule has 198 valence electrons. The minimum atomic E-state index is -1.11. The highest BCUT2D eigenvalue weighted by molar-refractivity contribution is 14.1. The molecule has 0 spiro atoms. The smallest absolute Gasteiger partial charge is 0.339 e. The molecule has 0 bridgehead atoms. The van der Waals surface area contributed by atoms with Crippen LogP contribution in [0.1, 0.15) is 32.6 Å². The average Bonchev–Trinajstić information content (AvgIpc) is 2.94. The molecule has 3 aromatic carbocycles. The van der Waals surface area contributed by atoms with Crippen LogP contribution in [-0.2, 0) is 28.4 Å². The van der Waals surface area contributed by atoms with Gasteiger partial charge in [0.25, 0.3) is 0 Å². The molecule has 0 amide bonds. The summed E-state index contributed by atoms with van der Waals surface area (Å²) in [6, 6.07) is 23.6. The second kappa shape index (κ2) is 12.4. The van der Waals surface area contributed by atoms with Gasteiger partial charge in [0.2, 0.25) is 0 Å². The van der Waals surface area contributed by atoms with Crippen molar-refractivity contribution in [3.05, 3.63) is 103 Å². The summed E-state index contributed by atoms with van der Waals surface area (Å²) in [5.41, 5.74) is 1.57. The Morgan fingerprint density at radius 2 is 1.32 bits per heavy atom. The van der Waals surface area contributed by atoms with Crippen LogP contribution >= 0.6 is 45.2 Å². The van der Waals surface area contributed by atoms with Crippen molar-refractivity contribution >= 4 is 57.1 Å². The zero-order chi connectivity index (χ0) is 26.6. The Balaban J connectivity index is 1.48. The van der Waals surface area contributed by atoms with Crippen molar-refractivity contribution in [2.45, 2.75) is 37.0 Å². The number of methoxy groups -OCH3 is 1. The third kappa shape index (κ3) is 5.89. The molecule has 6 atom stereocenters. The van der Waals surface area contributed by atoms with Crippen LogP contribution in [-0.4, -0.2) is 56.4 Å². The van der Waals surface area contributed by atoms with E-state index in [0.717, 1.165) is 12.7 Å². The summed E-state index contributed by atoms with van der Waals surface area (Å²) < 4.78 is 37.4. The molecule has 0 radical (unpaired) electrons. The molecule has 38 heavy (non-hydrogen) atoms. The maximum absolute atomic E-state index is 13.4. The minimum absolute atomic E-state index is 0.165. The van der Waals surface area contributed by atoms with Gasteiger partial charge in [0.15, 0.2) is 24.8 Å². The number of ether oxygens (including phenoxy) is 6. The van der Waals surface area contributed by atoms with E-state index in [1.165, 1.54) is 7.11 Å². The summed E-state index contributed by atoms with van der Waals surface area (Å²) in [5, 5.41) is 0. The molecule has 2 fully saturated rings. The van der Waals surface area contributed by atoms with E-state index >= 15 is 0 Å². The standard InChI is InChI=1S/C28H24I2O8/c1-33-28-24(37-26(32)18-12-6-8-14-20(18)30)23(36-25(31)17-11-5-7-13-19(17)29)22-21(35-28)15-34-27(38-22)16-9-3-2-4-10-16/h2-14,21-24,27-28H,15H2,1H3/t21-,22-,23+,24-,27-,28+/m1/s1. The van der Waals surface area contributed by atoms with E-state index in [1.54, 1.807) is 30.3 Å². The lowest BCUT2D eigenvalue weighted by molar-refractivity contribution is -0.356. The number of carbonyl (C=O) groups excluding carboxylic acids is 2. The summed E-state index contributed by atoms with van der Waals surface area (Å²) in [6.45, 7) is 0.165. The van der Waals surface area contributed by atoms with Crippen molar-refractivity contribution in [3.8, 4) is 0 Å². The lowest BCUT2D eigenvalue weighted by Crippen LogP contribution is -2.64. The predicted molar refractivity (Wildman–Crippen MR) is 152 cm³/mol. The van der Waals surface area contributed by atoms with Gasteiger partial charge in [-0.05, 0) is 69.4 Å². The first kappa shape index (κ1) is 27.5. The van der Waals surface area contributed by atoms with E-state index in [9.17, 15) is 9.59 Å². The van der Waals surface area contributed by atoms with Crippen molar-refractivity contribution < 1.29 is 38.0 Å². The Bertz CT molecular complexity index is 1290. The van der Waals surface area contributed by atoms with Crippen LogP contribution in [0.3, 0.4) is 0 Å². The molecule has 2 saturated heterocycles. The quantitative estimate of drug-likeness (QED) is 0.254. The Morgan fingerprint density at radius 1 is 0.763 bits per heavy atom. The highest BCUT2D eigenvalue weighted by Gasteiger charge is 2.54. The van der Waals surface area contributed by atoms with Crippen molar-refractivity contribution in [1.29, 1.82) is 0 Å². The second-order valence-corrected chi connectivity index (χ2v) is 11.0. The Hall–Kier alpha value is -2.10. The van der Waals surface area contributed by atoms with Crippen molar-refractivity contribution in [1.82, 2.24) is 0 Å². The first-order valence-electron chi connectivity index (χ1n) is 11.9. The van der Waals surface area contributed by atoms with Crippen LogP contribution in [0.25, 0.3) is 0 Å². The first-order valence-corrected chi connectivity index (χ1v) is 14.0. The van der Waals surface area contributed by atoms with E-state index in [2.05, 4.69) is 45.2 Å². The van der Waals surface area contributed by atoms with Gasteiger partial charge in [-0.1, -0.05) is 54.6 Å². The molecule has 0 N–H and O–H groups in total. The van der Waals surface area contributed by atoms with E-state index in [0.29, 0.717) is 11.1 Å². The summed E-state index contributed by atoms with van der Waals surface area (Å²) in [5.74, 6) is -1.16. The van der Waals surface area contributed by atoms with Crippen LogP contribution in [0.15, 0.2) is 78.9 Å². The Labute approximate surface area is 247 Å². The molecule has 2 heterocycles. The Kier molecular flexibility index (Phi) is 8.95. The van der Waals surface area contributed by atoms with Gasteiger partial charge in [0.1, 0.15) is 12.2 Å². The minimum Gasteiger partial charge on any atom is -0.452 e. The molecule has 8 nitrogen and oxygen atoms in total. The fourth-order valence-corrected chi connectivity index (χ4v) is 5.62. The van der Waals surface area contributed by atoms with Crippen LogP contribution in [0.5, 0.6) is 0 Å². The molecule has 10 heteroatoms. The monoisotopic (exact) mass is 742 g/mol. The molecule has 3 aromatic rings. The summed E-state index contributed by atoms with van der Waals surface area (Å²) in [4.78, 5) is 26.6. The zero-order valence-electron chi connectivity index (χ0n) is 20.2. The normalized spacial score (nSPS) is 26.7. The third-order valence-corrected chi connectivity index (χ3v) is 8.14. The third-order valence-electron chi connectivity index (χ3n) is 6.26. The van der Waals surface area contributed by atoms with Crippen molar-refractivity contribution in [3.63, 3.8) is 0 Å². The SMILES string of the molecule is CO[C@H]1O[C@@H]2CO[C@@H](c3ccccc3)O[C@H]2[C@H](OC(=O)c2ccccc2I)[C@H]1OC(=O)c1ccccc1I. The number of rotatable bonds is 6. The molecule has 0 aliphatic carbocycles. The fraction of sp³-hybridized carbons (Fsp3) is 0.286. The number of esters is 2. The number of fused-ring (bicyclic) bond motifs is 1. The van der Waals surface area contributed by atoms with Crippen LogP contribution in [0, 0.1) is 7.14 Å². The Morgan fingerprint density at radius 3 is 1.89 bits per heavy atom. The number of benzene rings is 3. The lowest BCUT2D eigenvalue weighted by Gasteiger charge is -2.47. The molecular formula is C28H24I2O8. The van der Waals surface area contributed by atoms with Gasteiger partial charge >= 0.3 is 11.9 Å². The van der Waals surface area contributed by atoms with Crippen molar-refractivity contribution in [2.75, 3.05) is 13.7 Å². The van der Waals surface area contributed by atoms with E-state index < -0.39 is 48.9 Å². The number of hydrogen-bond donors (Lipinski definition) is 0.